The van der Waals surface area contributed by atoms with Gasteiger partial charge in [-0.05, 0) is 13.3 Å². The number of alkyl halides is 3. The highest BCUT2D eigenvalue weighted by Crippen LogP contribution is 2.27. The summed E-state index contributed by atoms with van der Waals surface area (Å²) in [6.45, 7) is 0.480. The number of nitrogens with one attached hydrogen (secondary N) is 2. The molecule has 0 spiro atoms. The predicted molar refractivity (Wildman–Crippen MR) is 59.1 cm³/mol. The Morgan fingerprint density at radius 1 is 1.28 bits per heavy atom. The Hall–Kier alpha value is -0.870. The van der Waals surface area contributed by atoms with Crippen LogP contribution in [0.2, 0.25) is 0 Å². The van der Waals surface area contributed by atoms with Gasteiger partial charge in [-0.25, -0.2) is 13.1 Å². The first-order valence-corrected chi connectivity index (χ1v) is 6.85. The second-order valence-electron chi connectivity index (χ2n) is 3.98. The molecule has 0 radical (unpaired) electrons. The number of nitrogens with two attached hydrogens (primary N) is 1. The van der Waals surface area contributed by atoms with E-state index in [2.05, 4.69) is 4.72 Å². The van der Waals surface area contributed by atoms with Gasteiger partial charge in [-0.2, -0.15) is 13.2 Å². The number of hydrogen-bond donors (Lipinski definition) is 3. The lowest BCUT2D eigenvalue weighted by Crippen LogP contribution is -2.61. The van der Waals surface area contributed by atoms with Crippen molar-refractivity contribution in [2.24, 2.45) is 5.73 Å². The molecule has 0 fully saturated rings. The van der Waals surface area contributed by atoms with Crippen molar-refractivity contribution in [3.05, 3.63) is 0 Å². The molecule has 0 aromatic heterocycles. The van der Waals surface area contributed by atoms with Crippen molar-refractivity contribution >= 4 is 15.9 Å². The van der Waals surface area contributed by atoms with Gasteiger partial charge < -0.3 is 11.1 Å². The first kappa shape index (κ1) is 17.1. The zero-order chi connectivity index (χ0) is 14.6. The Labute approximate surface area is 103 Å². The van der Waals surface area contributed by atoms with Crippen molar-refractivity contribution in [2.75, 3.05) is 19.3 Å². The molecule has 0 aliphatic carbocycles. The van der Waals surface area contributed by atoms with E-state index in [1.165, 1.54) is 0 Å². The minimum absolute atomic E-state index is 0.0203. The lowest BCUT2D eigenvalue weighted by molar-refractivity contribution is -0.187. The standard InChI is InChI=1S/C8H16F3N3O3S/c1-7(12,8(9,10)11)6(15)13-4-3-5-14-18(2,16)17/h14H,3-5,12H2,1-2H3,(H,13,15). The van der Waals surface area contributed by atoms with Gasteiger partial charge in [0.05, 0.1) is 6.26 Å². The fourth-order valence-electron chi connectivity index (χ4n) is 0.860. The lowest BCUT2D eigenvalue weighted by Gasteiger charge is -2.26. The summed E-state index contributed by atoms with van der Waals surface area (Å²) in [6.07, 6.45) is -3.74. The average Bonchev–Trinajstić information content (AvgIpc) is 2.13. The summed E-state index contributed by atoms with van der Waals surface area (Å²) in [6, 6.07) is 0. The van der Waals surface area contributed by atoms with Crippen molar-refractivity contribution in [3.8, 4) is 0 Å². The Morgan fingerprint density at radius 3 is 2.17 bits per heavy atom. The fraction of sp³-hybridized carbons (Fsp3) is 0.875. The van der Waals surface area contributed by atoms with Gasteiger partial charge in [0.2, 0.25) is 15.9 Å². The second-order valence-corrected chi connectivity index (χ2v) is 5.81. The molecular formula is C8H16F3N3O3S. The van der Waals surface area contributed by atoms with Gasteiger partial charge in [0.1, 0.15) is 0 Å². The van der Waals surface area contributed by atoms with Gasteiger partial charge in [0.25, 0.3) is 0 Å². The Balaban J connectivity index is 4.06. The van der Waals surface area contributed by atoms with Crippen molar-refractivity contribution in [2.45, 2.75) is 25.1 Å². The Bertz CT molecular complexity index is 392. The minimum Gasteiger partial charge on any atom is -0.354 e. The zero-order valence-corrected chi connectivity index (χ0v) is 10.8. The Kier molecular flexibility index (Phi) is 5.56. The highest BCUT2D eigenvalue weighted by atomic mass is 32.2. The second kappa shape index (κ2) is 5.85. The van der Waals surface area contributed by atoms with E-state index >= 15 is 0 Å². The van der Waals surface area contributed by atoms with Crippen LogP contribution in [0.1, 0.15) is 13.3 Å². The summed E-state index contributed by atoms with van der Waals surface area (Å²) in [5.74, 6) is -1.35. The molecule has 0 aliphatic heterocycles. The van der Waals surface area contributed by atoms with Gasteiger partial charge in [0, 0.05) is 13.1 Å². The van der Waals surface area contributed by atoms with Crippen molar-refractivity contribution in [1.82, 2.24) is 10.0 Å². The van der Waals surface area contributed by atoms with Crippen molar-refractivity contribution in [1.29, 1.82) is 0 Å². The minimum atomic E-state index is -4.85. The first-order valence-electron chi connectivity index (χ1n) is 4.96. The summed E-state index contributed by atoms with van der Waals surface area (Å²) in [5, 5.41) is 2.00. The highest BCUT2D eigenvalue weighted by Gasteiger charge is 2.53. The van der Waals surface area contributed by atoms with Crippen LogP contribution in [-0.2, 0) is 14.8 Å². The molecule has 0 saturated carbocycles. The number of sulfonamides is 1. The van der Waals surface area contributed by atoms with Crippen LogP contribution in [0.4, 0.5) is 13.2 Å². The third-order valence-electron chi connectivity index (χ3n) is 2.06. The van der Waals surface area contributed by atoms with Crippen LogP contribution >= 0.6 is 0 Å². The van der Waals surface area contributed by atoms with Crippen LogP contribution in [0.25, 0.3) is 0 Å². The number of halogens is 3. The monoisotopic (exact) mass is 291 g/mol. The van der Waals surface area contributed by atoms with Gasteiger partial charge in [-0.3, -0.25) is 4.79 Å². The van der Waals surface area contributed by atoms with E-state index in [0.29, 0.717) is 6.92 Å². The van der Waals surface area contributed by atoms with Gasteiger partial charge in [-0.15, -0.1) is 0 Å². The summed E-state index contributed by atoms with van der Waals surface area (Å²) in [7, 11) is -3.34. The lowest BCUT2D eigenvalue weighted by atomic mass is 10.0. The average molecular weight is 291 g/mol. The van der Waals surface area contributed by atoms with Gasteiger partial charge in [-0.1, -0.05) is 0 Å². The van der Waals surface area contributed by atoms with E-state index in [1.54, 1.807) is 0 Å². The quantitative estimate of drug-likeness (QED) is 0.564. The summed E-state index contributed by atoms with van der Waals surface area (Å²) in [4.78, 5) is 11.2. The van der Waals surface area contributed by atoms with Crippen LogP contribution in [0.3, 0.4) is 0 Å². The largest absolute Gasteiger partial charge is 0.415 e. The molecule has 0 saturated heterocycles. The zero-order valence-electron chi connectivity index (χ0n) is 9.97. The van der Waals surface area contributed by atoms with Crippen LogP contribution in [0.15, 0.2) is 0 Å². The number of carbonyl (C=O) groups excluding carboxylic acids is 1. The summed E-state index contributed by atoms with van der Waals surface area (Å²) in [5.41, 5.74) is 1.91. The third kappa shape index (κ3) is 5.65. The molecule has 108 valence electrons. The SMILES string of the molecule is CC(N)(C(=O)NCCCNS(C)(=O)=O)C(F)(F)F. The molecular weight excluding hydrogens is 275 g/mol. The highest BCUT2D eigenvalue weighted by molar-refractivity contribution is 7.88. The molecule has 1 unspecified atom stereocenters. The number of amides is 1. The smallest absolute Gasteiger partial charge is 0.354 e. The van der Waals surface area contributed by atoms with E-state index in [9.17, 15) is 26.4 Å². The molecule has 10 heteroatoms. The molecule has 0 heterocycles. The molecule has 4 N–H and O–H groups in total. The maximum absolute atomic E-state index is 12.3. The fourth-order valence-corrected chi connectivity index (χ4v) is 1.38. The van der Waals surface area contributed by atoms with Crippen LogP contribution in [0.5, 0.6) is 0 Å². The molecule has 18 heavy (non-hydrogen) atoms. The van der Waals surface area contributed by atoms with E-state index in [4.69, 9.17) is 5.73 Å². The normalized spacial score (nSPS) is 16.1. The Morgan fingerprint density at radius 2 is 1.78 bits per heavy atom. The van der Waals surface area contributed by atoms with Gasteiger partial charge >= 0.3 is 6.18 Å². The summed E-state index contributed by atoms with van der Waals surface area (Å²) < 4.78 is 60.4. The maximum atomic E-state index is 12.3. The molecule has 1 amide bonds. The third-order valence-corrected chi connectivity index (χ3v) is 2.79. The predicted octanol–water partition coefficient (Wildman–Crippen LogP) is -0.678. The topological polar surface area (TPSA) is 101 Å². The molecule has 6 nitrogen and oxygen atoms in total. The molecule has 0 bridgehead atoms. The van der Waals surface area contributed by atoms with Gasteiger partial charge in [0.15, 0.2) is 5.54 Å². The number of carbonyl (C=O) groups is 1. The molecule has 0 rings (SSSR count). The van der Waals surface area contributed by atoms with Crippen molar-refractivity contribution in [3.63, 3.8) is 0 Å². The number of hydrogen-bond acceptors (Lipinski definition) is 4. The van der Waals surface area contributed by atoms with E-state index in [1.807, 2.05) is 5.32 Å². The number of rotatable bonds is 6. The first-order chi connectivity index (χ1) is 7.88. The molecule has 0 aromatic rings. The van der Waals surface area contributed by atoms with E-state index in [-0.39, 0.29) is 19.5 Å². The molecule has 0 aliphatic rings. The van der Waals surface area contributed by atoms with E-state index in [0.717, 1.165) is 6.26 Å². The maximum Gasteiger partial charge on any atom is 0.415 e. The van der Waals surface area contributed by atoms with Crippen LogP contribution in [-0.4, -0.2) is 45.4 Å². The van der Waals surface area contributed by atoms with Crippen LogP contribution in [0, 0.1) is 0 Å². The molecule has 1 atom stereocenters. The van der Waals surface area contributed by atoms with Crippen molar-refractivity contribution < 1.29 is 26.4 Å². The van der Waals surface area contributed by atoms with E-state index < -0.39 is 27.6 Å². The summed E-state index contributed by atoms with van der Waals surface area (Å²) >= 11 is 0. The molecule has 0 aromatic carbocycles. The van der Waals surface area contributed by atoms with Crippen LogP contribution < -0.4 is 15.8 Å².